The Balaban J connectivity index is 1.80. The summed E-state index contributed by atoms with van der Waals surface area (Å²) in [5.41, 5.74) is 9.30. The lowest BCUT2D eigenvalue weighted by Crippen LogP contribution is -2.05. The molecule has 2 aromatic rings. The molecule has 0 unspecified atom stereocenters. The maximum absolute atomic E-state index is 9.79. The maximum Gasteiger partial charge on any atom is 0.102 e. The highest BCUT2D eigenvalue weighted by atomic mass is 14.9. The Kier molecular flexibility index (Phi) is 4.32. The predicted molar refractivity (Wildman–Crippen MR) is 108 cm³/mol. The van der Waals surface area contributed by atoms with Gasteiger partial charge in [-0.05, 0) is 77.8 Å². The van der Waals surface area contributed by atoms with Crippen LogP contribution < -0.4 is 5.32 Å². The van der Waals surface area contributed by atoms with Crippen LogP contribution in [0.5, 0.6) is 0 Å². The molecule has 2 aliphatic carbocycles. The molecule has 0 amide bonds. The van der Waals surface area contributed by atoms with Crippen molar-refractivity contribution in [3.63, 3.8) is 0 Å². The number of nitrogens with zero attached hydrogens (tertiary/aromatic N) is 1. The molecule has 2 heteroatoms. The van der Waals surface area contributed by atoms with Gasteiger partial charge in [0.2, 0.25) is 0 Å². The van der Waals surface area contributed by atoms with E-state index in [4.69, 9.17) is 0 Å². The van der Waals surface area contributed by atoms with Crippen LogP contribution in [0.15, 0.2) is 42.6 Å². The monoisotopic (exact) mass is 342 g/mol. The molecule has 132 valence electrons. The summed E-state index contributed by atoms with van der Waals surface area (Å²) in [7, 11) is 0. The zero-order valence-electron chi connectivity index (χ0n) is 15.7. The fraction of sp³-hybridized carbons (Fsp3) is 0.375. The van der Waals surface area contributed by atoms with Crippen LogP contribution in [0.4, 0.5) is 5.69 Å². The lowest BCUT2D eigenvalue weighted by Gasteiger charge is -2.18. The number of rotatable bonds is 5. The smallest absolute Gasteiger partial charge is 0.102 e. The van der Waals surface area contributed by atoms with Crippen LogP contribution in [0.3, 0.4) is 0 Å². The molecular formula is C24H26N2. The second-order valence-electron chi connectivity index (χ2n) is 7.97. The van der Waals surface area contributed by atoms with Crippen molar-refractivity contribution in [1.82, 2.24) is 0 Å². The quantitative estimate of drug-likeness (QED) is 0.705. The largest absolute Gasteiger partial charge is 0.358 e. The van der Waals surface area contributed by atoms with E-state index in [0.29, 0.717) is 11.8 Å². The van der Waals surface area contributed by atoms with E-state index in [2.05, 4.69) is 62.1 Å². The van der Waals surface area contributed by atoms with Gasteiger partial charge in [0, 0.05) is 5.70 Å². The van der Waals surface area contributed by atoms with E-state index in [1.807, 2.05) is 0 Å². The summed E-state index contributed by atoms with van der Waals surface area (Å²) >= 11 is 0. The molecule has 0 aliphatic heterocycles. The van der Waals surface area contributed by atoms with Gasteiger partial charge in [0.15, 0.2) is 0 Å². The summed E-state index contributed by atoms with van der Waals surface area (Å²) in [5, 5.41) is 13.3. The normalized spacial score (nSPS) is 15.6. The summed E-state index contributed by atoms with van der Waals surface area (Å²) in [6.45, 7) is 8.64. The number of allylic oxidation sites excluding steroid dienone is 1. The van der Waals surface area contributed by atoms with Crippen LogP contribution in [0.2, 0.25) is 0 Å². The lowest BCUT2D eigenvalue weighted by molar-refractivity contribution is 0.867. The van der Waals surface area contributed by atoms with Gasteiger partial charge in [-0.25, -0.2) is 0 Å². The van der Waals surface area contributed by atoms with E-state index in [9.17, 15) is 5.26 Å². The first kappa shape index (κ1) is 16.9. The molecule has 1 N–H and O–H groups in total. The third-order valence-electron chi connectivity index (χ3n) is 5.77. The maximum atomic E-state index is 9.79. The Hall–Kier alpha value is -2.53. The molecule has 1 fully saturated rings. The minimum atomic E-state index is 0.537. The molecule has 0 heterocycles. The predicted octanol–water partition coefficient (Wildman–Crippen LogP) is 6.17. The molecule has 1 saturated carbocycles. The molecular weight excluding hydrogens is 316 g/mol. The first-order chi connectivity index (χ1) is 12.6. The van der Waals surface area contributed by atoms with Crippen LogP contribution >= 0.6 is 0 Å². The van der Waals surface area contributed by atoms with Crippen molar-refractivity contribution < 1.29 is 0 Å². The molecule has 2 nitrogen and oxygen atoms in total. The zero-order chi connectivity index (χ0) is 18.3. The summed E-state index contributed by atoms with van der Waals surface area (Å²) in [5.74, 6) is 1.11. The first-order valence-electron chi connectivity index (χ1n) is 9.73. The topological polar surface area (TPSA) is 35.8 Å². The molecule has 26 heavy (non-hydrogen) atoms. The number of benzene rings is 2. The van der Waals surface area contributed by atoms with Gasteiger partial charge in [0.25, 0.3) is 0 Å². The molecule has 2 aliphatic rings. The molecule has 0 radical (unpaired) electrons. The Bertz CT molecular complexity index is 893. The zero-order valence-corrected chi connectivity index (χ0v) is 15.7. The van der Waals surface area contributed by atoms with Gasteiger partial charge in [-0.3, -0.25) is 0 Å². The van der Waals surface area contributed by atoms with E-state index in [1.54, 1.807) is 0 Å². The first-order valence-corrected chi connectivity index (χ1v) is 9.73. The SMILES string of the molecule is C=C(Nc1cc(-c2ccc(C(C)C)cc2)c2c(c1C#N)CCC2)C1CC1. The number of anilines is 1. The van der Waals surface area contributed by atoms with Crippen LogP contribution in [0.25, 0.3) is 11.1 Å². The molecule has 0 bridgehead atoms. The molecule has 0 spiro atoms. The molecule has 4 rings (SSSR count). The fourth-order valence-electron chi connectivity index (χ4n) is 4.02. The van der Waals surface area contributed by atoms with E-state index in [-0.39, 0.29) is 0 Å². The second-order valence-corrected chi connectivity index (χ2v) is 7.97. The molecule has 0 saturated heterocycles. The van der Waals surface area contributed by atoms with Crippen LogP contribution in [-0.4, -0.2) is 0 Å². The van der Waals surface area contributed by atoms with Gasteiger partial charge in [0.1, 0.15) is 6.07 Å². The third kappa shape index (κ3) is 3.03. The summed E-state index contributed by atoms with van der Waals surface area (Å²) in [6, 6.07) is 13.6. The average Bonchev–Trinajstić information content (AvgIpc) is 3.39. The Morgan fingerprint density at radius 2 is 1.85 bits per heavy atom. The fourth-order valence-corrected chi connectivity index (χ4v) is 4.02. The summed E-state index contributed by atoms with van der Waals surface area (Å²) in [6.07, 6.45) is 5.62. The number of fused-ring (bicyclic) bond motifs is 1. The van der Waals surface area contributed by atoms with E-state index in [0.717, 1.165) is 36.2 Å². The van der Waals surface area contributed by atoms with Crippen molar-refractivity contribution in [2.75, 3.05) is 5.32 Å². The lowest BCUT2D eigenvalue weighted by atomic mass is 9.91. The van der Waals surface area contributed by atoms with Gasteiger partial charge in [0.05, 0.1) is 11.3 Å². The van der Waals surface area contributed by atoms with Gasteiger partial charge in [-0.1, -0.05) is 44.7 Å². The van der Waals surface area contributed by atoms with Crippen LogP contribution in [0.1, 0.15) is 61.3 Å². The van der Waals surface area contributed by atoms with E-state index < -0.39 is 0 Å². The van der Waals surface area contributed by atoms with Crippen molar-refractivity contribution in [1.29, 1.82) is 5.26 Å². The highest BCUT2D eigenvalue weighted by Gasteiger charge is 2.27. The molecule has 2 aromatic carbocycles. The van der Waals surface area contributed by atoms with Crippen LogP contribution in [-0.2, 0) is 12.8 Å². The minimum absolute atomic E-state index is 0.537. The number of hydrogen-bond donors (Lipinski definition) is 1. The van der Waals surface area contributed by atoms with Gasteiger partial charge >= 0.3 is 0 Å². The Labute approximate surface area is 156 Å². The van der Waals surface area contributed by atoms with Gasteiger partial charge in [-0.2, -0.15) is 5.26 Å². The average molecular weight is 342 g/mol. The van der Waals surface area contributed by atoms with E-state index in [1.165, 1.54) is 40.7 Å². The standard InChI is InChI=1S/C24H26N2/c1-15(2)17-7-11-19(12-8-17)22-13-24(26-16(3)18-9-10-18)23(14-25)21-6-4-5-20(21)22/h7-8,11-13,15,18,26H,3-6,9-10H2,1-2H3. The van der Waals surface area contributed by atoms with Crippen molar-refractivity contribution >= 4 is 5.69 Å². The number of nitriles is 1. The van der Waals surface area contributed by atoms with Crippen molar-refractivity contribution in [3.05, 3.63) is 64.9 Å². The van der Waals surface area contributed by atoms with Crippen molar-refractivity contribution in [3.8, 4) is 17.2 Å². The third-order valence-corrected chi connectivity index (χ3v) is 5.77. The van der Waals surface area contributed by atoms with Gasteiger partial charge in [-0.15, -0.1) is 0 Å². The summed E-state index contributed by atoms with van der Waals surface area (Å²) < 4.78 is 0. The van der Waals surface area contributed by atoms with Gasteiger partial charge < -0.3 is 5.32 Å². The highest BCUT2D eigenvalue weighted by Crippen LogP contribution is 2.41. The van der Waals surface area contributed by atoms with Crippen molar-refractivity contribution in [2.24, 2.45) is 5.92 Å². The second kappa shape index (κ2) is 6.65. The minimum Gasteiger partial charge on any atom is -0.358 e. The Morgan fingerprint density at radius 1 is 1.15 bits per heavy atom. The summed E-state index contributed by atoms with van der Waals surface area (Å²) in [4.78, 5) is 0. The molecule has 0 aromatic heterocycles. The molecule has 0 atom stereocenters. The number of nitrogens with one attached hydrogen (secondary N) is 1. The van der Waals surface area contributed by atoms with Crippen LogP contribution in [0, 0.1) is 17.2 Å². The van der Waals surface area contributed by atoms with Crippen molar-refractivity contribution in [2.45, 2.75) is 51.9 Å². The number of hydrogen-bond acceptors (Lipinski definition) is 2. The van der Waals surface area contributed by atoms with E-state index >= 15 is 0 Å². The Morgan fingerprint density at radius 3 is 2.46 bits per heavy atom. The highest BCUT2D eigenvalue weighted by molar-refractivity contribution is 5.79.